The van der Waals surface area contributed by atoms with Crippen LogP contribution in [-0.4, -0.2) is 52.7 Å². The van der Waals surface area contributed by atoms with Crippen LogP contribution in [-0.2, 0) is 6.42 Å². The number of phenolic OH excluding ortho intramolecular Hbond substituents is 1. The molecule has 0 saturated carbocycles. The minimum atomic E-state index is -8.65. The Kier molecular flexibility index (Phi) is 7.52. The average molecular weight is 552 g/mol. The highest BCUT2D eigenvalue weighted by molar-refractivity contribution is 5.33. The van der Waals surface area contributed by atoms with Crippen LogP contribution < -0.4 is 0 Å². The van der Waals surface area contributed by atoms with Gasteiger partial charge in [0.25, 0.3) is 0 Å². The maximum Gasteiger partial charge on any atom is 0.460 e. The van der Waals surface area contributed by atoms with Gasteiger partial charge in [0.1, 0.15) is 5.75 Å². The molecule has 1 aromatic rings. The van der Waals surface area contributed by atoms with Gasteiger partial charge in [0.05, 0.1) is 0 Å². The first-order chi connectivity index (χ1) is 15.2. The maximum absolute atomic E-state index is 13.7. The summed E-state index contributed by atoms with van der Waals surface area (Å²) in [5.74, 6) is -57.3. The summed E-state index contributed by atoms with van der Waals surface area (Å²) in [6.45, 7) is 0. The third kappa shape index (κ3) is 4.47. The summed E-state index contributed by atoms with van der Waals surface area (Å²) in [6, 6.07) is 4.20. The van der Waals surface area contributed by atoms with Crippen LogP contribution in [0.2, 0.25) is 0 Å². The lowest BCUT2D eigenvalue weighted by Gasteiger charge is -2.42. The zero-order chi connectivity index (χ0) is 28.1. The Morgan fingerprint density at radius 2 is 0.914 bits per heavy atom. The lowest BCUT2D eigenvalue weighted by molar-refractivity contribution is -0.459. The van der Waals surface area contributed by atoms with E-state index in [9.17, 15) is 79.7 Å². The highest BCUT2D eigenvalue weighted by Crippen LogP contribution is 2.64. The number of hydrogen-bond donors (Lipinski definition) is 1. The van der Waals surface area contributed by atoms with Gasteiger partial charge in [0.15, 0.2) is 0 Å². The fourth-order valence-electron chi connectivity index (χ4n) is 2.30. The van der Waals surface area contributed by atoms with Crippen molar-refractivity contribution in [1.82, 2.24) is 0 Å². The lowest BCUT2D eigenvalue weighted by Crippen LogP contribution is -2.74. The Labute approximate surface area is 182 Å². The van der Waals surface area contributed by atoms with Gasteiger partial charge in [-0.05, 0) is 24.1 Å². The maximum atomic E-state index is 13.7. The van der Waals surface area contributed by atoms with E-state index in [1.807, 2.05) is 0 Å². The number of para-hydroxylation sites is 1. The van der Waals surface area contributed by atoms with Crippen LogP contribution in [0.1, 0.15) is 5.56 Å². The van der Waals surface area contributed by atoms with Crippen molar-refractivity contribution < 1.29 is 79.7 Å². The summed E-state index contributed by atoms with van der Waals surface area (Å²) < 4.78 is 223. The van der Waals surface area contributed by atoms with Crippen molar-refractivity contribution in [2.24, 2.45) is 0 Å². The zero-order valence-electron chi connectivity index (χ0n) is 16.0. The predicted molar refractivity (Wildman–Crippen MR) is 81.6 cm³/mol. The van der Waals surface area contributed by atoms with Gasteiger partial charge in [0.2, 0.25) is 0 Å². The molecule has 0 fully saturated rings. The SMILES string of the molecule is Oc1ccccc1CC=CC(F)(F)C(F)(F)C(F)(F)C(F)(F)C(F)(F)C(F)(F)C(F)(F)C(F)(F)F. The monoisotopic (exact) mass is 552 g/mol. The molecule has 0 spiro atoms. The molecule has 0 aliphatic rings. The molecule has 0 radical (unpaired) electrons. The molecule has 1 rings (SSSR count). The van der Waals surface area contributed by atoms with E-state index in [-0.39, 0.29) is 11.6 Å². The standard InChI is InChI=1S/C17H9F17O/c18-10(19,7-3-5-8-4-1-2-6-9(8)35)11(20,21)12(22,23)13(24,25)14(26,27)15(28,29)16(30,31)17(32,33)34/h1-4,6-7,35H,5H2. The second kappa shape index (κ2) is 8.60. The summed E-state index contributed by atoms with van der Waals surface area (Å²) in [6.07, 6.45) is -10.2. The second-order valence-electron chi connectivity index (χ2n) is 6.80. The molecule has 0 aliphatic carbocycles. The van der Waals surface area contributed by atoms with Crippen molar-refractivity contribution in [3.05, 3.63) is 42.0 Å². The van der Waals surface area contributed by atoms with Gasteiger partial charge in [0, 0.05) is 0 Å². The molecule has 1 N–H and O–H groups in total. The molecular weight excluding hydrogens is 543 g/mol. The Hall–Kier alpha value is -2.43. The molecule has 0 bridgehead atoms. The van der Waals surface area contributed by atoms with E-state index in [1.54, 1.807) is 0 Å². The van der Waals surface area contributed by atoms with Gasteiger partial charge in [-0.1, -0.05) is 24.3 Å². The van der Waals surface area contributed by atoms with E-state index < -0.39 is 65.9 Å². The fraction of sp³-hybridized carbons (Fsp3) is 0.529. The third-order valence-corrected chi connectivity index (χ3v) is 4.40. The Morgan fingerprint density at radius 1 is 0.543 bits per heavy atom. The van der Waals surface area contributed by atoms with E-state index in [0.717, 1.165) is 18.2 Å². The Morgan fingerprint density at radius 3 is 1.31 bits per heavy atom. The molecule has 1 nitrogen and oxygen atoms in total. The zero-order valence-corrected chi connectivity index (χ0v) is 16.0. The summed E-state index contributed by atoms with van der Waals surface area (Å²) in [7, 11) is 0. The van der Waals surface area contributed by atoms with Crippen LogP contribution in [0, 0.1) is 0 Å². The van der Waals surface area contributed by atoms with E-state index >= 15 is 0 Å². The van der Waals surface area contributed by atoms with Crippen LogP contribution >= 0.6 is 0 Å². The molecule has 0 atom stereocenters. The molecule has 0 saturated heterocycles. The van der Waals surface area contributed by atoms with Crippen molar-refractivity contribution in [2.75, 3.05) is 0 Å². The van der Waals surface area contributed by atoms with Crippen LogP contribution in [0.3, 0.4) is 0 Å². The number of benzene rings is 1. The molecular formula is C17H9F17O. The van der Waals surface area contributed by atoms with E-state index in [1.165, 1.54) is 6.07 Å². The van der Waals surface area contributed by atoms with Crippen LogP contribution in [0.4, 0.5) is 74.6 Å². The van der Waals surface area contributed by atoms with Gasteiger partial charge >= 0.3 is 47.6 Å². The quantitative estimate of drug-likeness (QED) is 0.249. The molecule has 0 aliphatic heterocycles. The van der Waals surface area contributed by atoms with Crippen molar-refractivity contribution in [1.29, 1.82) is 0 Å². The molecule has 1 aromatic carbocycles. The van der Waals surface area contributed by atoms with Crippen molar-refractivity contribution in [2.45, 2.75) is 54.1 Å². The van der Waals surface area contributed by atoms with E-state index in [2.05, 4.69) is 0 Å². The fourth-order valence-corrected chi connectivity index (χ4v) is 2.30. The largest absolute Gasteiger partial charge is 0.508 e. The highest BCUT2D eigenvalue weighted by Gasteiger charge is 2.95. The summed E-state index contributed by atoms with van der Waals surface area (Å²) >= 11 is 0. The minimum absolute atomic E-state index is 0.165. The van der Waals surface area contributed by atoms with Gasteiger partial charge in [-0.15, -0.1) is 0 Å². The number of rotatable bonds is 9. The molecule has 0 amide bonds. The summed E-state index contributed by atoms with van der Waals surface area (Å²) in [5.41, 5.74) is -0.347. The lowest BCUT2D eigenvalue weighted by atomic mass is 9.89. The predicted octanol–water partition coefficient (Wildman–Crippen LogP) is 7.50. The summed E-state index contributed by atoms with van der Waals surface area (Å²) in [4.78, 5) is 0. The smallest absolute Gasteiger partial charge is 0.460 e. The van der Waals surface area contributed by atoms with E-state index in [0.29, 0.717) is 0 Å². The first-order valence-corrected chi connectivity index (χ1v) is 8.40. The van der Waals surface area contributed by atoms with Gasteiger partial charge < -0.3 is 5.11 Å². The number of halogens is 17. The topological polar surface area (TPSA) is 20.2 Å². The molecule has 202 valence electrons. The Balaban J connectivity index is 3.48. The van der Waals surface area contributed by atoms with Crippen molar-refractivity contribution in [3.63, 3.8) is 0 Å². The first-order valence-electron chi connectivity index (χ1n) is 8.40. The number of hydrogen-bond acceptors (Lipinski definition) is 1. The average Bonchev–Trinajstić information content (AvgIpc) is 2.67. The van der Waals surface area contributed by atoms with Crippen LogP contribution in [0.5, 0.6) is 5.75 Å². The minimum Gasteiger partial charge on any atom is -0.508 e. The van der Waals surface area contributed by atoms with Gasteiger partial charge in [-0.25, -0.2) is 0 Å². The second-order valence-corrected chi connectivity index (χ2v) is 6.80. The van der Waals surface area contributed by atoms with Gasteiger partial charge in [-0.3, -0.25) is 0 Å². The molecule has 18 heteroatoms. The Bertz CT molecular complexity index is 929. The number of alkyl halides is 17. The molecule has 0 aromatic heterocycles. The number of allylic oxidation sites excluding steroid dienone is 2. The molecule has 0 heterocycles. The number of phenols is 1. The van der Waals surface area contributed by atoms with Crippen LogP contribution in [0.15, 0.2) is 36.4 Å². The third-order valence-electron chi connectivity index (χ3n) is 4.40. The normalized spacial score (nSPS) is 15.7. The van der Waals surface area contributed by atoms with Crippen molar-refractivity contribution >= 4 is 0 Å². The van der Waals surface area contributed by atoms with E-state index in [4.69, 9.17) is 0 Å². The van der Waals surface area contributed by atoms with Gasteiger partial charge in [-0.2, -0.15) is 74.6 Å². The molecule has 35 heavy (non-hydrogen) atoms. The number of aromatic hydroxyl groups is 1. The first kappa shape index (κ1) is 30.6. The molecule has 0 unspecified atom stereocenters. The van der Waals surface area contributed by atoms with Crippen molar-refractivity contribution in [3.8, 4) is 5.75 Å². The summed E-state index contributed by atoms with van der Waals surface area (Å²) in [5, 5.41) is 9.34. The van der Waals surface area contributed by atoms with Crippen LogP contribution in [0.25, 0.3) is 0 Å². The highest BCUT2D eigenvalue weighted by atomic mass is 19.4.